The van der Waals surface area contributed by atoms with Crippen LogP contribution < -0.4 is 0 Å². The molecule has 2 amide bonds. The molecular weight excluding hydrogens is 195 g/mol. The Morgan fingerprint density at radius 1 is 1.27 bits per heavy atom. The lowest BCUT2D eigenvalue weighted by molar-refractivity contribution is 0.0710. The SMILES string of the molecule is CC1CCN(C(=O)N2CC(CF)C2)CC1. The first kappa shape index (κ1) is 10.7. The molecule has 0 radical (unpaired) electrons. The third-order valence-corrected chi connectivity index (χ3v) is 3.50. The van der Waals surface area contributed by atoms with Gasteiger partial charge < -0.3 is 9.80 Å². The Hall–Kier alpha value is -0.800. The quantitative estimate of drug-likeness (QED) is 0.652. The third-order valence-electron chi connectivity index (χ3n) is 3.50. The molecule has 2 saturated heterocycles. The van der Waals surface area contributed by atoms with Gasteiger partial charge >= 0.3 is 6.03 Å². The number of carbonyl (C=O) groups excluding carboxylic acids is 1. The predicted octanol–water partition coefficient (Wildman–Crippen LogP) is 1.74. The van der Waals surface area contributed by atoms with Crippen LogP contribution in [0, 0.1) is 11.8 Å². The highest BCUT2D eigenvalue weighted by atomic mass is 19.1. The van der Waals surface area contributed by atoms with Crippen LogP contribution in [-0.4, -0.2) is 48.7 Å². The van der Waals surface area contributed by atoms with Gasteiger partial charge in [0.1, 0.15) is 0 Å². The van der Waals surface area contributed by atoms with Gasteiger partial charge in [0.25, 0.3) is 0 Å². The minimum absolute atomic E-state index is 0.0951. The molecule has 2 heterocycles. The zero-order valence-corrected chi connectivity index (χ0v) is 9.29. The van der Waals surface area contributed by atoms with Gasteiger partial charge in [0, 0.05) is 32.1 Å². The number of urea groups is 1. The van der Waals surface area contributed by atoms with E-state index in [1.807, 2.05) is 4.90 Å². The Labute approximate surface area is 90.2 Å². The molecule has 2 aliphatic heterocycles. The first-order valence-electron chi connectivity index (χ1n) is 5.80. The number of halogens is 1. The van der Waals surface area contributed by atoms with Crippen molar-refractivity contribution in [2.24, 2.45) is 11.8 Å². The maximum absolute atomic E-state index is 12.2. The summed E-state index contributed by atoms with van der Waals surface area (Å²) in [7, 11) is 0. The smallest absolute Gasteiger partial charge is 0.320 e. The van der Waals surface area contributed by atoms with E-state index in [4.69, 9.17) is 0 Å². The van der Waals surface area contributed by atoms with Crippen LogP contribution in [0.15, 0.2) is 0 Å². The van der Waals surface area contributed by atoms with Gasteiger partial charge in [-0.3, -0.25) is 4.39 Å². The van der Waals surface area contributed by atoms with Crippen LogP contribution in [0.1, 0.15) is 19.8 Å². The van der Waals surface area contributed by atoms with Gasteiger partial charge in [0.05, 0.1) is 6.67 Å². The molecule has 86 valence electrons. The molecular formula is C11H19FN2O. The summed E-state index contributed by atoms with van der Waals surface area (Å²) in [5.74, 6) is 0.835. The Bertz CT molecular complexity index is 233. The van der Waals surface area contributed by atoms with E-state index >= 15 is 0 Å². The molecule has 2 aliphatic rings. The largest absolute Gasteiger partial charge is 0.325 e. The van der Waals surface area contributed by atoms with Crippen molar-refractivity contribution in [2.45, 2.75) is 19.8 Å². The van der Waals surface area contributed by atoms with Crippen molar-refractivity contribution in [1.29, 1.82) is 0 Å². The van der Waals surface area contributed by atoms with Crippen molar-refractivity contribution in [3.63, 3.8) is 0 Å². The number of hydrogen-bond acceptors (Lipinski definition) is 1. The van der Waals surface area contributed by atoms with E-state index in [0.29, 0.717) is 13.1 Å². The number of nitrogens with zero attached hydrogens (tertiary/aromatic N) is 2. The second-order valence-electron chi connectivity index (χ2n) is 4.88. The minimum atomic E-state index is -0.291. The number of alkyl halides is 1. The standard InChI is InChI=1S/C11H19FN2O/c1-9-2-4-13(5-3-9)11(15)14-7-10(6-12)8-14/h9-10H,2-8H2,1H3. The van der Waals surface area contributed by atoms with Crippen LogP contribution in [0.25, 0.3) is 0 Å². The summed E-state index contributed by atoms with van der Waals surface area (Å²) in [6.07, 6.45) is 2.21. The van der Waals surface area contributed by atoms with Crippen molar-refractivity contribution in [3.8, 4) is 0 Å². The van der Waals surface area contributed by atoms with Crippen LogP contribution >= 0.6 is 0 Å². The van der Waals surface area contributed by atoms with Crippen LogP contribution in [0.5, 0.6) is 0 Å². The number of likely N-dealkylation sites (tertiary alicyclic amines) is 2. The topological polar surface area (TPSA) is 23.6 Å². The van der Waals surface area contributed by atoms with Crippen molar-refractivity contribution in [1.82, 2.24) is 9.80 Å². The van der Waals surface area contributed by atoms with Crippen LogP contribution in [0.3, 0.4) is 0 Å². The monoisotopic (exact) mass is 214 g/mol. The van der Waals surface area contributed by atoms with E-state index in [1.165, 1.54) is 0 Å². The van der Waals surface area contributed by atoms with E-state index in [-0.39, 0.29) is 18.6 Å². The lowest BCUT2D eigenvalue weighted by Crippen LogP contribution is -2.56. The second-order valence-corrected chi connectivity index (χ2v) is 4.88. The van der Waals surface area contributed by atoms with Gasteiger partial charge in [-0.25, -0.2) is 4.79 Å². The Morgan fingerprint density at radius 2 is 1.87 bits per heavy atom. The molecule has 0 bridgehead atoms. The van der Waals surface area contributed by atoms with Gasteiger partial charge in [0.2, 0.25) is 0 Å². The second kappa shape index (κ2) is 4.37. The first-order valence-corrected chi connectivity index (χ1v) is 5.80. The lowest BCUT2D eigenvalue weighted by Gasteiger charge is -2.42. The Kier molecular flexibility index (Phi) is 3.12. The fraction of sp³-hybridized carbons (Fsp3) is 0.909. The van der Waals surface area contributed by atoms with E-state index < -0.39 is 0 Å². The highest BCUT2D eigenvalue weighted by molar-refractivity contribution is 5.75. The number of carbonyl (C=O) groups is 1. The van der Waals surface area contributed by atoms with Gasteiger partial charge in [-0.15, -0.1) is 0 Å². The lowest BCUT2D eigenvalue weighted by atomic mass is 9.98. The van der Waals surface area contributed by atoms with Gasteiger partial charge in [-0.2, -0.15) is 0 Å². The van der Waals surface area contributed by atoms with Gasteiger partial charge in [-0.05, 0) is 18.8 Å². The predicted molar refractivity (Wildman–Crippen MR) is 56.4 cm³/mol. The molecule has 2 rings (SSSR count). The van der Waals surface area contributed by atoms with Crippen LogP contribution in [0.4, 0.5) is 9.18 Å². The molecule has 4 heteroatoms. The van der Waals surface area contributed by atoms with Crippen LogP contribution in [-0.2, 0) is 0 Å². The fourth-order valence-electron chi connectivity index (χ4n) is 2.22. The third kappa shape index (κ3) is 2.24. The summed E-state index contributed by atoms with van der Waals surface area (Å²) in [4.78, 5) is 15.6. The first-order chi connectivity index (χ1) is 7.20. The Morgan fingerprint density at radius 3 is 2.40 bits per heavy atom. The summed E-state index contributed by atoms with van der Waals surface area (Å²) in [5, 5.41) is 0. The van der Waals surface area contributed by atoms with E-state index in [1.54, 1.807) is 4.90 Å². The molecule has 0 N–H and O–H groups in total. The molecule has 0 aliphatic carbocycles. The average Bonchev–Trinajstić information content (AvgIpc) is 2.17. The highest BCUT2D eigenvalue weighted by Gasteiger charge is 2.33. The summed E-state index contributed by atoms with van der Waals surface area (Å²) in [6, 6.07) is 0.117. The molecule has 15 heavy (non-hydrogen) atoms. The number of rotatable bonds is 1. The van der Waals surface area contributed by atoms with Gasteiger partial charge in [-0.1, -0.05) is 6.92 Å². The van der Waals surface area contributed by atoms with Crippen LogP contribution in [0.2, 0.25) is 0 Å². The number of piperidine rings is 1. The normalized spacial score (nSPS) is 24.1. The van der Waals surface area contributed by atoms with Crippen molar-refractivity contribution in [3.05, 3.63) is 0 Å². The minimum Gasteiger partial charge on any atom is -0.325 e. The summed E-state index contributed by atoms with van der Waals surface area (Å²) >= 11 is 0. The average molecular weight is 214 g/mol. The Balaban J connectivity index is 1.77. The van der Waals surface area contributed by atoms with E-state index in [9.17, 15) is 9.18 Å². The van der Waals surface area contributed by atoms with Crippen molar-refractivity contribution in [2.75, 3.05) is 32.9 Å². The fourth-order valence-corrected chi connectivity index (χ4v) is 2.22. The molecule has 0 unspecified atom stereocenters. The molecule has 0 saturated carbocycles. The molecule has 0 aromatic carbocycles. The number of amides is 2. The van der Waals surface area contributed by atoms with Gasteiger partial charge in [0.15, 0.2) is 0 Å². The molecule has 3 nitrogen and oxygen atoms in total. The van der Waals surface area contributed by atoms with E-state index in [0.717, 1.165) is 31.8 Å². The maximum Gasteiger partial charge on any atom is 0.320 e. The zero-order valence-electron chi connectivity index (χ0n) is 9.29. The zero-order chi connectivity index (χ0) is 10.8. The highest BCUT2D eigenvalue weighted by Crippen LogP contribution is 2.21. The summed E-state index contributed by atoms with van der Waals surface area (Å²) < 4.78 is 12.2. The number of hydrogen-bond donors (Lipinski definition) is 0. The van der Waals surface area contributed by atoms with Crippen molar-refractivity contribution < 1.29 is 9.18 Å². The maximum atomic E-state index is 12.2. The molecule has 2 fully saturated rings. The molecule has 0 spiro atoms. The van der Waals surface area contributed by atoms with E-state index in [2.05, 4.69) is 6.92 Å². The molecule has 0 aromatic heterocycles. The molecule has 0 aromatic rings. The molecule has 0 atom stereocenters. The van der Waals surface area contributed by atoms with Crippen molar-refractivity contribution >= 4 is 6.03 Å². The summed E-state index contributed by atoms with van der Waals surface area (Å²) in [6.45, 7) is 4.90. The summed E-state index contributed by atoms with van der Waals surface area (Å²) in [5.41, 5.74) is 0.